The lowest BCUT2D eigenvalue weighted by Crippen LogP contribution is -2.44. The summed E-state index contributed by atoms with van der Waals surface area (Å²) < 4.78 is 31.6. The molecular weight excluding hydrogens is 182 g/mol. The number of H-pyrrole nitrogens is 1. The average Bonchev–Trinajstić information content (AvgIpc) is 2.50. The largest absolute Gasteiger partial charge is 0.429 e. The van der Waals surface area contributed by atoms with Crippen molar-refractivity contribution in [1.29, 1.82) is 0 Å². The molecule has 4 nitrogen and oxygen atoms in total. The van der Waals surface area contributed by atoms with Gasteiger partial charge in [-0.1, -0.05) is 4.68 Å². The number of alkyl halides is 2. The highest BCUT2D eigenvalue weighted by atomic mass is 19.3. The van der Waals surface area contributed by atoms with Gasteiger partial charge in [-0.25, -0.2) is 4.79 Å². The molecule has 2 atom stereocenters. The van der Waals surface area contributed by atoms with Crippen LogP contribution in [0.5, 0.6) is 0 Å². The Balaban J connectivity index is 2.16. The summed E-state index contributed by atoms with van der Waals surface area (Å²) in [6, 6.07) is -0.873. The first-order chi connectivity index (χ1) is 6.12. The molecule has 1 aromatic rings. The Bertz CT molecular complexity index is 422. The molecule has 13 heavy (non-hydrogen) atoms. The number of hydrogen-bond donors (Lipinski definition) is 1. The van der Waals surface area contributed by atoms with E-state index in [4.69, 9.17) is 0 Å². The van der Waals surface area contributed by atoms with Crippen LogP contribution in [0.25, 0.3) is 0 Å². The van der Waals surface area contributed by atoms with Crippen molar-refractivity contribution in [3.8, 4) is 0 Å². The zero-order chi connectivity index (χ0) is 9.22. The third-order valence-electron chi connectivity index (χ3n) is 2.89. The van der Waals surface area contributed by atoms with E-state index in [9.17, 15) is 13.6 Å². The van der Waals surface area contributed by atoms with Crippen LogP contribution >= 0.6 is 0 Å². The highest BCUT2D eigenvalue weighted by molar-refractivity contribution is 5.07. The molecule has 1 aromatic heterocycles. The van der Waals surface area contributed by atoms with Crippen molar-refractivity contribution in [1.82, 2.24) is 5.27 Å². The molecule has 1 aliphatic carbocycles. The molecule has 2 unspecified atom stereocenters. The normalized spacial score (nSPS) is 33.7. The summed E-state index contributed by atoms with van der Waals surface area (Å²) in [5.41, 5.74) is -0.195. The number of aromatic nitrogens is 2. The maximum absolute atomic E-state index is 13.0. The summed E-state index contributed by atoms with van der Waals surface area (Å²) in [5, 5.41) is 2.22. The van der Waals surface area contributed by atoms with Crippen molar-refractivity contribution >= 4 is 0 Å². The highest BCUT2D eigenvalue weighted by Crippen LogP contribution is 2.59. The van der Waals surface area contributed by atoms with Gasteiger partial charge in [0.15, 0.2) is 0 Å². The molecule has 0 bridgehead atoms. The minimum Gasteiger partial charge on any atom is -0.283 e. The molecule has 1 N–H and O–H groups in total. The number of halogens is 2. The Kier molecular flexibility index (Phi) is 1.02. The van der Waals surface area contributed by atoms with Gasteiger partial charge in [0.05, 0.1) is 0 Å². The van der Waals surface area contributed by atoms with Crippen LogP contribution in [0.4, 0.5) is 8.78 Å². The van der Waals surface area contributed by atoms with Crippen LogP contribution in [0.15, 0.2) is 9.32 Å². The van der Waals surface area contributed by atoms with Gasteiger partial charge in [-0.15, -0.1) is 0 Å². The Morgan fingerprint density at radius 2 is 2.38 bits per heavy atom. The number of nitrogens with one attached hydrogen (secondary N) is 1. The molecule has 1 fully saturated rings. The van der Waals surface area contributed by atoms with E-state index in [1.807, 2.05) is 0 Å². The quantitative estimate of drug-likeness (QED) is 0.584. The summed E-state index contributed by atoms with van der Waals surface area (Å²) in [7, 11) is 0. The van der Waals surface area contributed by atoms with E-state index in [0.29, 0.717) is 18.5 Å². The second-order valence-corrected chi connectivity index (χ2v) is 3.56. The van der Waals surface area contributed by atoms with Gasteiger partial charge in [0.2, 0.25) is 0 Å². The maximum Gasteiger partial charge on any atom is 0.429 e. The van der Waals surface area contributed by atoms with Gasteiger partial charge < -0.3 is 0 Å². The lowest BCUT2D eigenvalue weighted by atomic mass is 10.1. The van der Waals surface area contributed by atoms with E-state index in [-0.39, 0.29) is 0 Å². The minimum atomic E-state index is -2.66. The van der Waals surface area contributed by atoms with Crippen molar-refractivity contribution in [2.45, 2.75) is 24.8 Å². The van der Waals surface area contributed by atoms with Crippen molar-refractivity contribution in [3.05, 3.63) is 16.1 Å². The summed E-state index contributed by atoms with van der Waals surface area (Å²) in [6.45, 7) is 0. The number of hydrogen-bond acceptors (Lipinski definition) is 2. The molecule has 3 rings (SSSR count). The Morgan fingerprint density at radius 3 is 3.15 bits per heavy atom. The first-order valence-corrected chi connectivity index (χ1v) is 4.12. The molecule has 1 saturated carbocycles. The summed E-state index contributed by atoms with van der Waals surface area (Å²) in [6.07, 6.45) is 0.753. The fourth-order valence-electron chi connectivity index (χ4n) is 2.12. The smallest absolute Gasteiger partial charge is 0.283 e. The van der Waals surface area contributed by atoms with E-state index >= 15 is 0 Å². The van der Waals surface area contributed by atoms with E-state index in [0.717, 1.165) is 0 Å². The molecule has 70 valence electrons. The fraction of sp³-hybridized carbons (Fsp3) is 0.714. The monoisotopic (exact) mass is 189 g/mol. The number of fused-ring (bicyclic) bond motifs is 3. The van der Waals surface area contributed by atoms with Crippen LogP contribution in [-0.2, 0) is 6.42 Å². The number of rotatable bonds is 0. The molecule has 0 amide bonds. The van der Waals surface area contributed by atoms with Gasteiger partial charge in [0, 0.05) is 6.42 Å². The van der Waals surface area contributed by atoms with Crippen LogP contribution in [-0.4, -0.2) is 11.2 Å². The predicted octanol–water partition coefficient (Wildman–Crippen LogP) is 0.00780. The van der Waals surface area contributed by atoms with Crippen molar-refractivity contribution in [3.63, 3.8) is 0 Å². The molecule has 1 aliphatic heterocycles. The molecule has 2 heterocycles. The first-order valence-electron chi connectivity index (χ1n) is 4.12. The maximum atomic E-state index is 13.0. The van der Waals surface area contributed by atoms with Gasteiger partial charge in [-0.05, 0) is 11.7 Å². The Hall–Kier alpha value is -1.20. The van der Waals surface area contributed by atoms with Gasteiger partial charge in [0.1, 0.15) is 5.92 Å². The minimum absolute atomic E-state index is 0.332. The van der Waals surface area contributed by atoms with E-state index in [1.165, 1.54) is 4.68 Å². The third-order valence-corrected chi connectivity index (χ3v) is 2.89. The van der Waals surface area contributed by atoms with Gasteiger partial charge >= 0.3 is 11.5 Å². The van der Waals surface area contributed by atoms with Crippen LogP contribution in [0, 0.1) is 5.92 Å². The second-order valence-electron chi connectivity index (χ2n) is 3.56. The topological polar surface area (TPSA) is 49.9 Å². The summed E-state index contributed by atoms with van der Waals surface area (Å²) >= 11 is 0. The first kappa shape index (κ1) is 7.23. The van der Waals surface area contributed by atoms with E-state index in [2.05, 4.69) is 9.79 Å². The lowest BCUT2D eigenvalue weighted by molar-refractivity contribution is -0.782. The highest BCUT2D eigenvalue weighted by Gasteiger charge is 2.78. The Morgan fingerprint density at radius 1 is 1.62 bits per heavy atom. The van der Waals surface area contributed by atoms with Crippen LogP contribution < -0.4 is 10.3 Å². The van der Waals surface area contributed by atoms with Crippen LogP contribution in [0.3, 0.4) is 0 Å². The van der Waals surface area contributed by atoms with E-state index < -0.39 is 23.5 Å². The lowest BCUT2D eigenvalue weighted by Gasteiger charge is -1.96. The molecular formula is C7H7F2N2O2+. The average molecular weight is 189 g/mol. The van der Waals surface area contributed by atoms with E-state index in [1.54, 1.807) is 0 Å². The molecule has 0 aromatic carbocycles. The molecule has 0 saturated heterocycles. The van der Waals surface area contributed by atoms with Crippen LogP contribution in [0.2, 0.25) is 0 Å². The van der Waals surface area contributed by atoms with Crippen molar-refractivity contribution < 1.29 is 18.0 Å². The summed E-state index contributed by atoms with van der Waals surface area (Å²) in [4.78, 5) is 11.0. The van der Waals surface area contributed by atoms with Gasteiger partial charge in [0.25, 0.3) is 11.7 Å². The molecule has 0 spiro atoms. The predicted molar refractivity (Wildman–Crippen MR) is 35.3 cm³/mol. The third kappa shape index (κ3) is 0.691. The van der Waals surface area contributed by atoms with Crippen molar-refractivity contribution in [2.24, 2.45) is 5.92 Å². The number of aromatic amines is 1. The number of nitrogens with zero attached hydrogens (tertiary/aromatic N) is 1. The fourth-order valence-corrected chi connectivity index (χ4v) is 2.12. The van der Waals surface area contributed by atoms with Gasteiger partial charge in [-0.2, -0.15) is 8.78 Å². The standard InChI is InChI=1S/C7H6F2N2O2/c8-7(9)3-1-2-4-6(12)13-10-11(4)5(3)7/h3,5H,1-2H2/p+1. The molecule has 6 heteroatoms. The Labute approximate surface area is 71.1 Å². The van der Waals surface area contributed by atoms with Crippen molar-refractivity contribution in [2.75, 3.05) is 0 Å². The second kappa shape index (κ2) is 1.83. The summed E-state index contributed by atoms with van der Waals surface area (Å²) in [5.74, 6) is -3.28. The van der Waals surface area contributed by atoms with Gasteiger partial charge in [-0.3, -0.25) is 4.52 Å². The SMILES string of the molecule is O=c1o[nH][n+]2c1CCC1C2C1(F)F. The molecule has 2 aliphatic rings. The van der Waals surface area contributed by atoms with Crippen LogP contribution in [0.1, 0.15) is 18.2 Å². The molecule has 0 radical (unpaired) electrons. The zero-order valence-electron chi connectivity index (χ0n) is 6.59. The zero-order valence-corrected chi connectivity index (χ0v) is 6.59.